The Morgan fingerprint density at radius 3 is 2.76 bits per heavy atom. The standard InChI is InChI=1S/C13H11N3S/c1-16-6-7-17-12(16)8-11-9-4-2-3-5-10(9)13(14)15-11/h2-8,14H,1H3. The highest BCUT2D eigenvalue weighted by Gasteiger charge is 2.19. The van der Waals surface area contributed by atoms with Crippen LogP contribution in [0.15, 0.2) is 52.0 Å². The summed E-state index contributed by atoms with van der Waals surface area (Å²) in [4.78, 5) is 6.36. The topological polar surface area (TPSA) is 39.5 Å². The van der Waals surface area contributed by atoms with Crippen LogP contribution in [0.5, 0.6) is 0 Å². The van der Waals surface area contributed by atoms with Crippen molar-refractivity contribution in [3.63, 3.8) is 0 Å². The maximum atomic E-state index is 7.83. The molecule has 0 bridgehead atoms. The number of hydrogen-bond donors (Lipinski definition) is 1. The zero-order chi connectivity index (χ0) is 11.8. The van der Waals surface area contributed by atoms with Gasteiger partial charge in [-0.25, -0.2) is 4.99 Å². The third kappa shape index (κ3) is 1.70. The summed E-state index contributed by atoms with van der Waals surface area (Å²) in [6.45, 7) is 0. The maximum absolute atomic E-state index is 7.83. The van der Waals surface area contributed by atoms with Crippen molar-refractivity contribution in [2.45, 2.75) is 0 Å². The fourth-order valence-electron chi connectivity index (χ4n) is 1.86. The Morgan fingerprint density at radius 2 is 2.06 bits per heavy atom. The van der Waals surface area contributed by atoms with E-state index in [9.17, 15) is 0 Å². The molecule has 3 nitrogen and oxygen atoms in total. The lowest BCUT2D eigenvalue weighted by molar-refractivity contribution is 0.621. The first kappa shape index (κ1) is 10.4. The molecule has 0 aliphatic carbocycles. The van der Waals surface area contributed by atoms with Gasteiger partial charge in [-0.2, -0.15) is 0 Å². The summed E-state index contributed by atoms with van der Waals surface area (Å²) in [7, 11) is 2.01. The molecule has 0 unspecified atom stereocenters. The van der Waals surface area contributed by atoms with Gasteiger partial charge in [-0.1, -0.05) is 36.0 Å². The zero-order valence-electron chi connectivity index (χ0n) is 9.34. The van der Waals surface area contributed by atoms with E-state index in [1.165, 1.54) is 0 Å². The van der Waals surface area contributed by atoms with Crippen LogP contribution >= 0.6 is 11.8 Å². The molecule has 0 saturated heterocycles. The van der Waals surface area contributed by atoms with Gasteiger partial charge in [-0.15, -0.1) is 0 Å². The zero-order valence-corrected chi connectivity index (χ0v) is 10.2. The number of nitrogens with zero attached hydrogens (tertiary/aromatic N) is 2. The number of nitrogens with one attached hydrogen (secondary N) is 1. The van der Waals surface area contributed by atoms with Crippen molar-refractivity contribution in [2.75, 3.05) is 7.05 Å². The second-order valence-electron chi connectivity index (χ2n) is 3.89. The SMILES string of the molecule is CN1C=CSC1=CC1=NC(=N)c2ccccc21. The minimum Gasteiger partial charge on any atom is -0.345 e. The Hall–Kier alpha value is -1.81. The predicted molar refractivity (Wildman–Crippen MR) is 72.4 cm³/mol. The highest BCUT2D eigenvalue weighted by Crippen LogP contribution is 2.29. The molecule has 3 rings (SSSR count). The van der Waals surface area contributed by atoms with Crippen LogP contribution in [0, 0.1) is 5.41 Å². The van der Waals surface area contributed by atoms with Crippen molar-refractivity contribution in [3.8, 4) is 0 Å². The predicted octanol–water partition coefficient (Wildman–Crippen LogP) is 2.81. The van der Waals surface area contributed by atoms with Gasteiger partial charge in [0.1, 0.15) is 0 Å². The molecule has 0 aromatic heterocycles. The van der Waals surface area contributed by atoms with Gasteiger partial charge in [0.15, 0.2) is 5.84 Å². The number of benzene rings is 1. The maximum Gasteiger partial charge on any atom is 0.153 e. The molecule has 0 radical (unpaired) electrons. The number of hydrogen-bond acceptors (Lipinski definition) is 3. The van der Waals surface area contributed by atoms with Crippen LogP contribution in [-0.2, 0) is 0 Å². The van der Waals surface area contributed by atoms with Crippen molar-refractivity contribution >= 4 is 23.3 Å². The molecule has 1 aromatic carbocycles. The molecule has 0 saturated carbocycles. The van der Waals surface area contributed by atoms with Gasteiger partial charge >= 0.3 is 0 Å². The fourth-order valence-corrected chi connectivity index (χ4v) is 2.65. The van der Waals surface area contributed by atoms with Crippen LogP contribution in [0.4, 0.5) is 0 Å². The van der Waals surface area contributed by atoms with E-state index in [1.807, 2.05) is 49.0 Å². The van der Waals surface area contributed by atoms with E-state index in [-0.39, 0.29) is 0 Å². The monoisotopic (exact) mass is 241 g/mol. The van der Waals surface area contributed by atoms with Gasteiger partial charge < -0.3 is 4.90 Å². The third-order valence-electron chi connectivity index (χ3n) is 2.77. The van der Waals surface area contributed by atoms with Gasteiger partial charge in [-0.05, 0) is 11.5 Å². The molecule has 2 heterocycles. The van der Waals surface area contributed by atoms with Crippen LogP contribution in [-0.4, -0.2) is 23.5 Å². The Balaban J connectivity index is 2.02. The molecule has 17 heavy (non-hydrogen) atoms. The quantitative estimate of drug-likeness (QED) is 0.821. The highest BCUT2D eigenvalue weighted by atomic mass is 32.2. The third-order valence-corrected chi connectivity index (χ3v) is 3.68. The molecule has 2 aliphatic rings. The van der Waals surface area contributed by atoms with E-state index in [1.54, 1.807) is 11.8 Å². The first-order valence-corrected chi connectivity index (χ1v) is 6.18. The lowest BCUT2D eigenvalue weighted by Crippen LogP contribution is -2.05. The smallest absolute Gasteiger partial charge is 0.153 e. The molecule has 84 valence electrons. The molecular weight excluding hydrogens is 230 g/mol. The molecule has 0 atom stereocenters. The number of aliphatic imine (C=N–C) groups is 1. The van der Waals surface area contributed by atoms with Crippen LogP contribution in [0.3, 0.4) is 0 Å². The number of rotatable bonds is 1. The summed E-state index contributed by atoms with van der Waals surface area (Å²) in [5.41, 5.74) is 2.84. The molecule has 1 aromatic rings. The van der Waals surface area contributed by atoms with Crippen LogP contribution < -0.4 is 0 Å². The van der Waals surface area contributed by atoms with Crippen molar-refractivity contribution in [1.82, 2.24) is 4.90 Å². The van der Waals surface area contributed by atoms with Crippen molar-refractivity contribution in [2.24, 2.45) is 4.99 Å². The summed E-state index contributed by atoms with van der Waals surface area (Å²) in [5, 5.41) is 11.0. The van der Waals surface area contributed by atoms with Crippen molar-refractivity contribution in [3.05, 3.63) is 58.1 Å². The molecular formula is C13H11N3S. The van der Waals surface area contributed by atoms with Gasteiger partial charge in [0.2, 0.25) is 0 Å². The van der Waals surface area contributed by atoms with E-state index in [0.29, 0.717) is 5.84 Å². The van der Waals surface area contributed by atoms with Gasteiger partial charge in [-0.3, -0.25) is 5.41 Å². The number of amidine groups is 1. The Labute approximate surface area is 104 Å². The van der Waals surface area contributed by atoms with Crippen molar-refractivity contribution in [1.29, 1.82) is 5.41 Å². The van der Waals surface area contributed by atoms with E-state index < -0.39 is 0 Å². The second-order valence-corrected chi connectivity index (χ2v) is 4.81. The highest BCUT2D eigenvalue weighted by molar-refractivity contribution is 8.06. The Bertz CT molecular complexity index is 584. The number of thioether (sulfide) groups is 1. The van der Waals surface area contributed by atoms with Gasteiger partial charge in [0, 0.05) is 24.4 Å². The normalized spacial score (nSPS) is 20.1. The summed E-state index contributed by atoms with van der Waals surface area (Å²) in [6.07, 6.45) is 4.05. The lowest BCUT2D eigenvalue weighted by atomic mass is 10.1. The average molecular weight is 241 g/mol. The lowest BCUT2D eigenvalue weighted by Gasteiger charge is -2.09. The van der Waals surface area contributed by atoms with Crippen molar-refractivity contribution < 1.29 is 0 Å². The number of allylic oxidation sites excluding steroid dienone is 1. The first-order valence-electron chi connectivity index (χ1n) is 5.30. The summed E-state index contributed by atoms with van der Waals surface area (Å²) in [6, 6.07) is 7.88. The summed E-state index contributed by atoms with van der Waals surface area (Å²) in [5.74, 6) is 0.353. The Morgan fingerprint density at radius 1 is 1.29 bits per heavy atom. The molecule has 0 spiro atoms. The van der Waals surface area contributed by atoms with Gasteiger partial charge in [0.25, 0.3) is 0 Å². The molecule has 2 aliphatic heterocycles. The van der Waals surface area contributed by atoms with Crippen LogP contribution in [0.2, 0.25) is 0 Å². The van der Waals surface area contributed by atoms with Crippen LogP contribution in [0.25, 0.3) is 0 Å². The fraction of sp³-hybridized carbons (Fsp3) is 0.0769. The molecule has 0 amide bonds. The first-order chi connectivity index (χ1) is 8.25. The molecule has 1 N–H and O–H groups in total. The van der Waals surface area contributed by atoms with E-state index >= 15 is 0 Å². The van der Waals surface area contributed by atoms with E-state index in [0.717, 1.165) is 21.9 Å². The van der Waals surface area contributed by atoms with E-state index in [2.05, 4.69) is 9.89 Å². The number of fused-ring (bicyclic) bond motifs is 1. The molecule has 0 fully saturated rings. The summed E-state index contributed by atoms with van der Waals surface area (Å²) < 4.78 is 0. The molecule has 4 heteroatoms. The average Bonchev–Trinajstić information content (AvgIpc) is 2.87. The second kappa shape index (κ2) is 3.89. The van der Waals surface area contributed by atoms with Gasteiger partial charge in [0.05, 0.1) is 10.7 Å². The minimum atomic E-state index is 0.353. The largest absolute Gasteiger partial charge is 0.345 e. The van der Waals surface area contributed by atoms with Crippen LogP contribution in [0.1, 0.15) is 11.1 Å². The van der Waals surface area contributed by atoms with E-state index in [4.69, 9.17) is 5.41 Å². The Kier molecular flexibility index (Phi) is 2.37. The minimum absolute atomic E-state index is 0.353. The summed E-state index contributed by atoms with van der Waals surface area (Å²) >= 11 is 1.67.